The minimum absolute atomic E-state index is 0.0435. The van der Waals surface area contributed by atoms with Crippen molar-refractivity contribution in [1.82, 2.24) is 5.32 Å². The van der Waals surface area contributed by atoms with Crippen LogP contribution in [0.5, 0.6) is 0 Å². The lowest BCUT2D eigenvalue weighted by Crippen LogP contribution is -2.43. The highest BCUT2D eigenvalue weighted by molar-refractivity contribution is 4.86. The minimum Gasteiger partial charge on any atom is -0.392 e. The van der Waals surface area contributed by atoms with E-state index in [2.05, 4.69) is 12.2 Å². The molecule has 1 heterocycles. The fraction of sp³-hybridized carbons (Fsp3) is 1.00. The van der Waals surface area contributed by atoms with Crippen molar-refractivity contribution in [3.63, 3.8) is 0 Å². The zero-order valence-corrected chi connectivity index (χ0v) is 10.6. The molecule has 0 spiro atoms. The van der Waals surface area contributed by atoms with Gasteiger partial charge in [0.15, 0.2) is 0 Å². The van der Waals surface area contributed by atoms with Crippen molar-refractivity contribution >= 4 is 0 Å². The normalized spacial score (nSPS) is 38.2. The molecular weight excluding hydrogens is 198 g/mol. The molecule has 16 heavy (non-hydrogen) atoms. The van der Waals surface area contributed by atoms with Gasteiger partial charge in [0.05, 0.1) is 6.10 Å². The van der Waals surface area contributed by atoms with Crippen LogP contribution in [0.2, 0.25) is 0 Å². The second-order valence-corrected chi connectivity index (χ2v) is 5.71. The number of aliphatic hydroxyl groups excluding tert-OH is 1. The predicted octanol–water partition coefficient (Wildman–Crippen LogP) is 2.56. The second-order valence-electron chi connectivity index (χ2n) is 5.71. The molecule has 2 nitrogen and oxygen atoms in total. The SMILES string of the molecule is CCC1CCCCC1C(O)C1CCCNC1. The average Bonchev–Trinajstić information content (AvgIpc) is 2.39. The van der Waals surface area contributed by atoms with Gasteiger partial charge in [0, 0.05) is 6.54 Å². The Balaban J connectivity index is 1.92. The van der Waals surface area contributed by atoms with E-state index in [4.69, 9.17) is 0 Å². The Kier molecular flexibility index (Phi) is 4.66. The van der Waals surface area contributed by atoms with Gasteiger partial charge in [-0.15, -0.1) is 0 Å². The van der Waals surface area contributed by atoms with Crippen LogP contribution in [0.3, 0.4) is 0 Å². The predicted molar refractivity (Wildman–Crippen MR) is 67.3 cm³/mol. The van der Waals surface area contributed by atoms with Crippen LogP contribution in [-0.2, 0) is 0 Å². The van der Waals surface area contributed by atoms with E-state index in [1.54, 1.807) is 0 Å². The van der Waals surface area contributed by atoms with Crippen LogP contribution in [0, 0.1) is 17.8 Å². The Bertz CT molecular complexity index is 201. The van der Waals surface area contributed by atoms with Gasteiger partial charge in [0.25, 0.3) is 0 Å². The summed E-state index contributed by atoms with van der Waals surface area (Å²) in [4.78, 5) is 0. The van der Waals surface area contributed by atoms with Crippen molar-refractivity contribution in [3.8, 4) is 0 Å². The van der Waals surface area contributed by atoms with Gasteiger partial charge in [0.2, 0.25) is 0 Å². The molecular formula is C14H27NO. The maximum Gasteiger partial charge on any atom is 0.0611 e. The number of rotatable bonds is 3. The van der Waals surface area contributed by atoms with Crippen molar-refractivity contribution < 1.29 is 5.11 Å². The molecule has 2 N–H and O–H groups in total. The van der Waals surface area contributed by atoms with E-state index in [0.29, 0.717) is 11.8 Å². The molecule has 2 fully saturated rings. The lowest BCUT2D eigenvalue weighted by atomic mass is 9.71. The highest BCUT2D eigenvalue weighted by Gasteiger charge is 2.34. The molecule has 0 bridgehead atoms. The zero-order valence-electron chi connectivity index (χ0n) is 10.6. The summed E-state index contributed by atoms with van der Waals surface area (Å²) >= 11 is 0. The van der Waals surface area contributed by atoms with Crippen LogP contribution in [0.4, 0.5) is 0 Å². The van der Waals surface area contributed by atoms with Crippen LogP contribution in [0.25, 0.3) is 0 Å². The monoisotopic (exact) mass is 225 g/mol. The zero-order chi connectivity index (χ0) is 11.4. The molecule has 0 amide bonds. The fourth-order valence-electron chi connectivity index (χ4n) is 3.71. The van der Waals surface area contributed by atoms with Gasteiger partial charge in [-0.25, -0.2) is 0 Å². The molecule has 0 aromatic heterocycles. The number of piperidine rings is 1. The molecule has 1 saturated heterocycles. The molecule has 1 saturated carbocycles. The molecule has 0 aromatic carbocycles. The van der Waals surface area contributed by atoms with E-state index in [1.807, 2.05) is 0 Å². The van der Waals surface area contributed by atoms with E-state index in [0.717, 1.165) is 19.0 Å². The summed E-state index contributed by atoms with van der Waals surface area (Å²) in [7, 11) is 0. The third-order valence-corrected chi connectivity index (χ3v) is 4.75. The van der Waals surface area contributed by atoms with Crippen molar-refractivity contribution in [2.24, 2.45) is 17.8 Å². The lowest BCUT2D eigenvalue weighted by molar-refractivity contribution is -0.00381. The van der Waals surface area contributed by atoms with E-state index < -0.39 is 0 Å². The minimum atomic E-state index is -0.0435. The second kappa shape index (κ2) is 6.02. The van der Waals surface area contributed by atoms with Gasteiger partial charge in [-0.2, -0.15) is 0 Å². The highest BCUT2D eigenvalue weighted by atomic mass is 16.3. The molecule has 2 aliphatic rings. The van der Waals surface area contributed by atoms with Crippen molar-refractivity contribution in [2.45, 2.75) is 58.0 Å². The number of hydrogen-bond acceptors (Lipinski definition) is 2. The number of hydrogen-bond donors (Lipinski definition) is 2. The van der Waals surface area contributed by atoms with Crippen molar-refractivity contribution in [3.05, 3.63) is 0 Å². The number of aliphatic hydroxyl groups is 1. The van der Waals surface area contributed by atoms with Crippen LogP contribution in [-0.4, -0.2) is 24.3 Å². The summed E-state index contributed by atoms with van der Waals surface area (Å²) in [6, 6.07) is 0. The molecule has 2 rings (SSSR count). The van der Waals surface area contributed by atoms with Gasteiger partial charge in [-0.1, -0.05) is 32.6 Å². The molecule has 4 unspecified atom stereocenters. The van der Waals surface area contributed by atoms with Crippen LogP contribution in [0.15, 0.2) is 0 Å². The van der Waals surface area contributed by atoms with E-state index in [9.17, 15) is 5.11 Å². The summed E-state index contributed by atoms with van der Waals surface area (Å²) in [6.07, 6.45) is 8.99. The lowest BCUT2D eigenvalue weighted by Gasteiger charge is -2.39. The van der Waals surface area contributed by atoms with Gasteiger partial charge in [-0.05, 0) is 43.6 Å². The first-order valence-electron chi connectivity index (χ1n) is 7.21. The topological polar surface area (TPSA) is 32.3 Å². The van der Waals surface area contributed by atoms with Crippen LogP contribution >= 0.6 is 0 Å². The molecule has 0 radical (unpaired) electrons. The summed E-state index contributed by atoms with van der Waals surface area (Å²) in [5.41, 5.74) is 0. The first-order chi connectivity index (χ1) is 7.83. The third-order valence-electron chi connectivity index (χ3n) is 4.75. The average molecular weight is 225 g/mol. The number of nitrogens with one attached hydrogen (secondary N) is 1. The maximum atomic E-state index is 10.6. The molecule has 4 atom stereocenters. The van der Waals surface area contributed by atoms with E-state index in [1.165, 1.54) is 44.9 Å². The van der Waals surface area contributed by atoms with E-state index in [-0.39, 0.29) is 6.10 Å². The van der Waals surface area contributed by atoms with Gasteiger partial charge >= 0.3 is 0 Å². The molecule has 1 aliphatic carbocycles. The molecule has 0 aromatic rings. The van der Waals surface area contributed by atoms with Crippen LogP contribution < -0.4 is 5.32 Å². The summed E-state index contributed by atoms with van der Waals surface area (Å²) < 4.78 is 0. The van der Waals surface area contributed by atoms with Crippen molar-refractivity contribution in [1.29, 1.82) is 0 Å². The Morgan fingerprint density at radius 3 is 2.69 bits per heavy atom. The first kappa shape index (κ1) is 12.4. The van der Waals surface area contributed by atoms with Crippen LogP contribution in [0.1, 0.15) is 51.9 Å². The molecule has 94 valence electrons. The quantitative estimate of drug-likeness (QED) is 0.773. The molecule has 1 aliphatic heterocycles. The first-order valence-corrected chi connectivity index (χ1v) is 7.21. The Hall–Kier alpha value is -0.0800. The largest absolute Gasteiger partial charge is 0.392 e. The summed E-state index contributed by atoms with van der Waals surface area (Å²) in [5, 5.41) is 14.0. The third kappa shape index (κ3) is 2.78. The van der Waals surface area contributed by atoms with Gasteiger partial charge < -0.3 is 10.4 Å². The summed E-state index contributed by atoms with van der Waals surface area (Å²) in [5.74, 6) is 1.89. The highest BCUT2D eigenvalue weighted by Crippen LogP contribution is 2.37. The van der Waals surface area contributed by atoms with Gasteiger partial charge in [0.1, 0.15) is 0 Å². The summed E-state index contributed by atoms with van der Waals surface area (Å²) in [6.45, 7) is 4.47. The maximum absolute atomic E-state index is 10.6. The Morgan fingerprint density at radius 1 is 1.19 bits per heavy atom. The Labute approximate surface area is 99.8 Å². The van der Waals surface area contributed by atoms with Crippen molar-refractivity contribution in [2.75, 3.05) is 13.1 Å². The smallest absolute Gasteiger partial charge is 0.0611 e. The standard InChI is InChI=1S/C14H27NO/c1-2-11-6-3-4-8-13(11)14(16)12-7-5-9-15-10-12/h11-16H,2-10H2,1H3. The Morgan fingerprint density at radius 2 is 2.00 bits per heavy atom. The fourth-order valence-corrected chi connectivity index (χ4v) is 3.71. The van der Waals surface area contributed by atoms with Gasteiger partial charge in [-0.3, -0.25) is 0 Å². The molecule has 2 heteroatoms. The van der Waals surface area contributed by atoms with E-state index >= 15 is 0 Å².